The van der Waals surface area contributed by atoms with Crippen LogP contribution in [0.5, 0.6) is 0 Å². The monoisotopic (exact) mass is 310 g/mol. The number of amides is 2. The van der Waals surface area contributed by atoms with Gasteiger partial charge in [-0.3, -0.25) is 14.5 Å². The second-order valence-electron chi connectivity index (χ2n) is 6.35. The minimum atomic E-state index is -0.0718. The van der Waals surface area contributed by atoms with Crippen molar-refractivity contribution in [1.29, 1.82) is 0 Å². The summed E-state index contributed by atoms with van der Waals surface area (Å²) in [5.41, 5.74) is 0. The van der Waals surface area contributed by atoms with E-state index in [2.05, 4.69) is 15.5 Å². The van der Waals surface area contributed by atoms with Gasteiger partial charge in [0.15, 0.2) is 0 Å². The molecule has 0 aromatic rings. The molecule has 2 N–H and O–H groups in total. The van der Waals surface area contributed by atoms with Crippen molar-refractivity contribution < 1.29 is 14.3 Å². The van der Waals surface area contributed by atoms with Crippen LogP contribution in [0.15, 0.2) is 0 Å². The quantitative estimate of drug-likeness (QED) is 0.666. The molecule has 22 heavy (non-hydrogen) atoms. The maximum atomic E-state index is 12.1. The zero-order chi connectivity index (χ0) is 15.4. The van der Waals surface area contributed by atoms with E-state index in [4.69, 9.17) is 4.74 Å². The van der Waals surface area contributed by atoms with Crippen LogP contribution in [0.25, 0.3) is 0 Å². The van der Waals surface area contributed by atoms with Crippen LogP contribution in [-0.4, -0.2) is 86.2 Å². The van der Waals surface area contributed by atoms with Crippen LogP contribution >= 0.6 is 0 Å². The average molecular weight is 310 g/mol. The third-order valence-electron chi connectivity index (χ3n) is 4.73. The van der Waals surface area contributed by atoms with Crippen LogP contribution < -0.4 is 10.6 Å². The molecule has 7 nitrogen and oxygen atoms in total. The Morgan fingerprint density at radius 2 is 2.14 bits per heavy atom. The van der Waals surface area contributed by atoms with Gasteiger partial charge in [0.25, 0.3) is 0 Å². The molecular weight excluding hydrogens is 284 g/mol. The molecule has 0 aromatic carbocycles. The lowest BCUT2D eigenvalue weighted by atomic mass is 10.2. The smallest absolute Gasteiger partial charge is 0.237 e. The molecule has 0 aliphatic carbocycles. The fraction of sp³-hybridized carbons (Fsp3) is 0.867. The Morgan fingerprint density at radius 1 is 1.32 bits per heavy atom. The van der Waals surface area contributed by atoms with Crippen molar-refractivity contribution in [2.24, 2.45) is 0 Å². The van der Waals surface area contributed by atoms with Gasteiger partial charge >= 0.3 is 0 Å². The van der Waals surface area contributed by atoms with Crippen molar-refractivity contribution in [3.05, 3.63) is 0 Å². The molecule has 3 aliphatic rings. The minimum Gasteiger partial charge on any atom is -0.379 e. The molecule has 3 fully saturated rings. The van der Waals surface area contributed by atoms with Gasteiger partial charge in [0.1, 0.15) is 0 Å². The van der Waals surface area contributed by atoms with Crippen LogP contribution in [0.3, 0.4) is 0 Å². The van der Waals surface area contributed by atoms with Crippen molar-refractivity contribution in [3.8, 4) is 0 Å². The molecule has 1 unspecified atom stereocenters. The first kappa shape index (κ1) is 15.7. The van der Waals surface area contributed by atoms with E-state index < -0.39 is 0 Å². The number of nitrogens with one attached hydrogen (secondary N) is 2. The van der Waals surface area contributed by atoms with E-state index in [1.165, 1.54) is 0 Å². The Bertz CT molecular complexity index is 406. The van der Waals surface area contributed by atoms with E-state index in [1.54, 1.807) is 0 Å². The molecule has 3 rings (SSSR count). The third-order valence-corrected chi connectivity index (χ3v) is 4.73. The number of hydrogen-bond acceptors (Lipinski definition) is 5. The van der Waals surface area contributed by atoms with E-state index in [0.29, 0.717) is 13.0 Å². The number of rotatable bonds is 5. The topological polar surface area (TPSA) is 73.9 Å². The number of ether oxygens (including phenoxy) is 1. The predicted molar refractivity (Wildman–Crippen MR) is 81.4 cm³/mol. The van der Waals surface area contributed by atoms with E-state index in [-0.39, 0.29) is 23.9 Å². The van der Waals surface area contributed by atoms with Crippen LogP contribution in [0.2, 0.25) is 0 Å². The summed E-state index contributed by atoms with van der Waals surface area (Å²) in [7, 11) is 0. The van der Waals surface area contributed by atoms with Crippen molar-refractivity contribution in [2.45, 2.75) is 31.3 Å². The van der Waals surface area contributed by atoms with Crippen LogP contribution in [-0.2, 0) is 14.3 Å². The lowest BCUT2D eigenvalue weighted by molar-refractivity contribution is -0.128. The summed E-state index contributed by atoms with van der Waals surface area (Å²) in [5.74, 6) is 0.197. The molecule has 0 spiro atoms. The maximum absolute atomic E-state index is 12.1. The summed E-state index contributed by atoms with van der Waals surface area (Å²) >= 11 is 0. The standard InChI is InChI=1S/C15H26N4O3/c20-14-10-12(17-15(21)13-2-1-3-16-13)11-19(14)5-4-18-6-8-22-9-7-18/h12-13,16H,1-11H2,(H,17,21)/t12?,13-/m0/s1. The number of likely N-dealkylation sites (tertiary alicyclic amines) is 1. The molecule has 124 valence electrons. The number of hydrogen-bond donors (Lipinski definition) is 2. The SMILES string of the molecule is O=C(NC1CC(=O)N(CCN2CCOCC2)C1)[C@@H]1CCCN1. The highest BCUT2D eigenvalue weighted by Gasteiger charge is 2.32. The first-order valence-corrected chi connectivity index (χ1v) is 8.34. The highest BCUT2D eigenvalue weighted by molar-refractivity contribution is 5.85. The third kappa shape index (κ3) is 3.97. The Balaban J connectivity index is 1.40. The first-order chi connectivity index (χ1) is 10.7. The van der Waals surface area contributed by atoms with Crippen molar-refractivity contribution in [3.63, 3.8) is 0 Å². The Morgan fingerprint density at radius 3 is 2.86 bits per heavy atom. The average Bonchev–Trinajstić information content (AvgIpc) is 3.16. The molecule has 0 radical (unpaired) electrons. The zero-order valence-corrected chi connectivity index (χ0v) is 13.1. The highest BCUT2D eigenvalue weighted by Crippen LogP contribution is 2.13. The number of carbonyl (C=O) groups is 2. The molecular formula is C15H26N4O3. The lowest BCUT2D eigenvalue weighted by Crippen LogP contribution is -2.46. The fourth-order valence-electron chi connectivity index (χ4n) is 3.38. The second kappa shape index (κ2) is 7.39. The zero-order valence-electron chi connectivity index (χ0n) is 13.1. The van der Waals surface area contributed by atoms with Crippen LogP contribution in [0.4, 0.5) is 0 Å². The van der Waals surface area contributed by atoms with Gasteiger partial charge in [-0.25, -0.2) is 0 Å². The normalized spacial score (nSPS) is 30.0. The van der Waals surface area contributed by atoms with Gasteiger partial charge < -0.3 is 20.3 Å². The molecule has 2 amide bonds. The van der Waals surface area contributed by atoms with Gasteiger partial charge in [-0.05, 0) is 19.4 Å². The second-order valence-corrected chi connectivity index (χ2v) is 6.35. The summed E-state index contributed by atoms with van der Waals surface area (Å²) in [5, 5.41) is 6.21. The van der Waals surface area contributed by atoms with Gasteiger partial charge in [0.05, 0.1) is 25.3 Å². The molecule has 3 aliphatic heterocycles. The number of carbonyl (C=O) groups excluding carboxylic acids is 2. The molecule has 7 heteroatoms. The minimum absolute atomic E-state index is 0.0351. The van der Waals surface area contributed by atoms with Gasteiger partial charge in [-0.2, -0.15) is 0 Å². The van der Waals surface area contributed by atoms with Crippen molar-refractivity contribution >= 4 is 11.8 Å². The first-order valence-electron chi connectivity index (χ1n) is 8.34. The molecule has 3 heterocycles. The lowest BCUT2D eigenvalue weighted by Gasteiger charge is -2.28. The summed E-state index contributed by atoms with van der Waals surface area (Å²) in [4.78, 5) is 28.4. The number of nitrogens with zero attached hydrogens (tertiary/aromatic N) is 2. The molecule has 0 bridgehead atoms. The van der Waals surface area contributed by atoms with Crippen LogP contribution in [0.1, 0.15) is 19.3 Å². The maximum Gasteiger partial charge on any atom is 0.237 e. The van der Waals surface area contributed by atoms with Crippen molar-refractivity contribution in [2.75, 3.05) is 52.5 Å². The molecule has 2 atom stereocenters. The molecule has 3 saturated heterocycles. The summed E-state index contributed by atoms with van der Waals surface area (Å²) < 4.78 is 5.33. The van der Waals surface area contributed by atoms with E-state index in [9.17, 15) is 9.59 Å². The number of morpholine rings is 1. The van der Waals surface area contributed by atoms with Gasteiger partial charge in [-0.1, -0.05) is 0 Å². The molecule has 0 saturated carbocycles. The van der Waals surface area contributed by atoms with Crippen molar-refractivity contribution in [1.82, 2.24) is 20.4 Å². The Hall–Kier alpha value is -1.18. The Kier molecular flexibility index (Phi) is 5.28. The van der Waals surface area contributed by atoms with E-state index in [1.807, 2.05) is 4.90 Å². The summed E-state index contributed by atoms with van der Waals surface area (Å²) in [6, 6.07) is -0.107. The van der Waals surface area contributed by atoms with Crippen LogP contribution in [0, 0.1) is 0 Å². The fourth-order valence-corrected chi connectivity index (χ4v) is 3.38. The highest BCUT2D eigenvalue weighted by atomic mass is 16.5. The summed E-state index contributed by atoms with van der Waals surface area (Å²) in [6.45, 7) is 6.62. The van der Waals surface area contributed by atoms with E-state index >= 15 is 0 Å². The molecule has 0 aromatic heterocycles. The van der Waals surface area contributed by atoms with Gasteiger partial charge in [0, 0.05) is 39.1 Å². The summed E-state index contributed by atoms with van der Waals surface area (Å²) in [6.07, 6.45) is 2.38. The van der Waals surface area contributed by atoms with Gasteiger partial charge in [0.2, 0.25) is 11.8 Å². The Labute approximate surface area is 131 Å². The van der Waals surface area contributed by atoms with Gasteiger partial charge in [-0.15, -0.1) is 0 Å². The largest absolute Gasteiger partial charge is 0.379 e. The van der Waals surface area contributed by atoms with E-state index in [0.717, 1.165) is 58.8 Å². The predicted octanol–water partition coefficient (Wildman–Crippen LogP) is -1.21.